The van der Waals surface area contributed by atoms with Gasteiger partial charge in [-0.05, 0) is 42.7 Å². The monoisotopic (exact) mass is 390 g/mol. The molecule has 1 aliphatic heterocycles. The first kappa shape index (κ1) is 18.7. The van der Waals surface area contributed by atoms with Crippen molar-refractivity contribution in [1.29, 1.82) is 0 Å². The van der Waals surface area contributed by atoms with Gasteiger partial charge in [0, 0.05) is 35.9 Å². The Morgan fingerprint density at radius 1 is 1.34 bits per heavy atom. The molecule has 0 atom stereocenters. The van der Waals surface area contributed by atoms with Crippen LogP contribution in [-0.4, -0.2) is 40.3 Å². The summed E-state index contributed by atoms with van der Waals surface area (Å²) in [6.45, 7) is 4.73. The van der Waals surface area contributed by atoms with Crippen molar-refractivity contribution in [1.82, 2.24) is 14.9 Å². The molecule has 0 bridgehead atoms. The number of aromatic amines is 1. The minimum Gasteiger partial charge on any atom is -0.404 e. The Hall–Kier alpha value is -3.61. The van der Waals surface area contributed by atoms with Crippen LogP contribution in [0.5, 0.6) is 5.88 Å². The number of carbonyl (C=O) groups is 2. The van der Waals surface area contributed by atoms with E-state index in [-0.39, 0.29) is 24.3 Å². The van der Waals surface area contributed by atoms with Crippen LogP contribution in [0.15, 0.2) is 36.5 Å². The summed E-state index contributed by atoms with van der Waals surface area (Å²) >= 11 is 0. The number of fused-ring (bicyclic) bond motifs is 2. The smallest absolute Gasteiger partial charge is 0.332 e. The summed E-state index contributed by atoms with van der Waals surface area (Å²) in [5.74, 6) is -0.226. The van der Waals surface area contributed by atoms with Gasteiger partial charge in [0.15, 0.2) is 0 Å². The van der Waals surface area contributed by atoms with Gasteiger partial charge in [-0.15, -0.1) is 0 Å². The van der Waals surface area contributed by atoms with Gasteiger partial charge in [0.25, 0.3) is 0 Å². The van der Waals surface area contributed by atoms with Crippen LogP contribution in [0.4, 0.5) is 5.69 Å². The molecule has 2 aromatic heterocycles. The minimum atomic E-state index is -0.368. The number of carbonyl (C=O) groups excluding carboxylic acids is 2. The number of anilines is 1. The number of nitrogens with one attached hydrogen (secondary N) is 2. The lowest BCUT2D eigenvalue weighted by Gasteiger charge is -2.16. The van der Waals surface area contributed by atoms with Gasteiger partial charge in [-0.1, -0.05) is 18.2 Å². The van der Waals surface area contributed by atoms with E-state index in [0.717, 1.165) is 22.3 Å². The van der Waals surface area contributed by atoms with Gasteiger partial charge in [-0.2, -0.15) is 0 Å². The van der Waals surface area contributed by atoms with E-state index >= 15 is 0 Å². The van der Waals surface area contributed by atoms with Crippen molar-refractivity contribution in [3.05, 3.63) is 58.9 Å². The average molecular weight is 390 g/mol. The average Bonchev–Trinajstić information content (AvgIpc) is 3.03. The first-order chi connectivity index (χ1) is 13.9. The first-order valence-electron chi connectivity index (χ1n) is 9.37. The van der Waals surface area contributed by atoms with E-state index in [2.05, 4.69) is 41.3 Å². The predicted molar refractivity (Wildman–Crippen MR) is 112 cm³/mol. The second-order valence-corrected chi connectivity index (χ2v) is 7.20. The molecule has 3 aromatic rings. The third-order valence-corrected chi connectivity index (χ3v) is 5.10. The molecule has 7 nitrogen and oxygen atoms in total. The number of hydrogen-bond donors (Lipinski definition) is 2. The molecule has 7 heteroatoms. The summed E-state index contributed by atoms with van der Waals surface area (Å²) in [4.78, 5) is 33.1. The molecule has 0 saturated heterocycles. The predicted octanol–water partition coefficient (Wildman–Crippen LogP) is 3.18. The normalized spacial score (nSPS) is 13.3. The molecule has 29 heavy (non-hydrogen) atoms. The molecule has 0 unspecified atom stereocenters. The molecule has 2 N–H and O–H groups in total. The summed E-state index contributed by atoms with van der Waals surface area (Å²) in [6, 6.07) is 8.00. The van der Waals surface area contributed by atoms with Crippen molar-refractivity contribution in [3.63, 3.8) is 0 Å². The SMILES string of the molecule is Cc1c(CN(C)C(=O)/C=C/c2cnc3c(c2)NCC(=O)O3)[nH]c2c(C)cccc12. The Morgan fingerprint density at radius 3 is 2.97 bits per heavy atom. The van der Waals surface area contributed by atoms with E-state index in [1.54, 1.807) is 30.3 Å². The zero-order chi connectivity index (χ0) is 20.5. The molecule has 1 aromatic carbocycles. The van der Waals surface area contributed by atoms with Gasteiger partial charge in [0.1, 0.15) is 6.54 Å². The number of aromatic nitrogens is 2. The Kier molecular flexibility index (Phi) is 4.80. The lowest BCUT2D eigenvalue weighted by atomic mass is 10.1. The topological polar surface area (TPSA) is 87.3 Å². The molecule has 0 saturated carbocycles. The van der Waals surface area contributed by atoms with E-state index in [0.29, 0.717) is 12.2 Å². The number of pyridine rings is 1. The molecular formula is C22H22N4O3. The van der Waals surface area contributed by atoms with Crippen LogP contribution < -0.4 is 10.1 Å². The van der Waals surface area contributed by atoms with Crippen molar-refractivity contribution < 1.29 is 14.3 Å². The minimum absolute atomic E-state index is 0.104. The summed E-state index contributed by atoms with van der Waals surface area (Å²) < 4.78 is 5.05. The molecule has 3 heterocycles. The number of aryl methyl sites for hydroxylation is 2. The Bertz CT molecular complexity index is 1150. The number of esters is 1. The number of ether oxygens (including phenoxy) is 1. The maximum atomic E-state index is 12.6. The van der Waals surface area contributed by atoms with Gasteiger partial charge in [-0.3, -0.25) is 4.79 Å². The van der Waals surface area contributed by atoms with Gasteiger partial charge in [-0.25, -0.2) is 9.78 Å². The second kappa shape index (κ2) is 7.43. The van der Waals surface area contributed by atoms with Crippen molar-refractivity contribution in [2.75, 3.05) is 18.9 Å². The molecular weight excluding hydrogens is 368 g/mol. The lowest BCUT2D eigenvalue weighted by molar-refractivity contribution is -0.133. The zero-order valence-electron chi connectivity index (χ0n) is 16.6. The Morgan fingerprint density at radius 2 is 2.17 bits per heavy atom. The number of hydrogen-bond acceptors (Lipinski definition) is 5. The van der Waals surface area contributed by atoms with Crippen molar-refractivity contribution in [3.8, 4) is 5.88 Å². The number of likely N-dealkylation sites (N-methyl/N-ethyl adjacent to an activating group) is 1. The number of amides is 1. The largest absolute Gasteiger partial charge is 0.404 e. The fourth-order valence-corrected chi connectivity index (χ4v) is 3.40. The molecule has 0 fully saturated rings. The van der Waals surface area contributed by atoms with E-state index in [9.17, 15) is 9.59 Å². The molecule has 1 amide bonds. The van der Waals surface area contributed by atoms with Crippen LogP contribution >= 0.6 is 0 Å². The second-order valence-electron chi connectivity index (χ2n) is 7.20. The van der Waals surface area contributed by atoms with Gasteiger partial charge < -0.3 is 19.9 Å². The van der Waals surface area contributed by atoms with Gasteiger partial charge in [0.05, 0.1) is 12.2 Å². The van der Waals surface area contributed by atoms with Crippen molar-refractivity contribution in [2.24, 2.45) is 0 Å². The highest BCUT2D eigenvalue weighted by molar-refractivity contribution is 5.92. The summed E-state index contributed by atoms with van der Waals surface area (Å²) in [7, 11) is 1.77. The maximum Gasteiger partial charge on any atom is 0.332 e. The van der Waals surface area contributed by atoms with Crippen LogP contribution in [0.3, 0.4) is 0 Å². The van der Waals surface area contributed by atoms with E-state index < -0.39 is 0 Å². The van der Waals surface area contributed by atoms with Gasteiger partial charge >= 0.3 is 5.97 Å². The molecule has 0 spiro atoms. The third kappa shape index (κ3) is 3.71. The Labute approximate surface area is 168 Å². The lowest BCUT2D eigenvalue weighted by Crippen LogP contribution is -2.25. The number of para-hydroxylation sites is 1. The maximum absolute atomic E-state index is 12.6. The quantitative estimate of drug-likeness (QED) is 0.528. The van der Waals surface area contributed by atoms with Crippen LogP contribution in [0, 0.1) is 13.8 Å². The highest BCUT2D eigenvalue weighted by atomic mass is 16.5. The summed E-state index contributed by atoms with van der Waals surface area (Å²) in [5.41, 5.74) is 5.87. The Balaban J connectivity index is 1.47. The summed E-state index contributed by atoms with van der Waals surface area (Å²) in [6.07, 6.45) is 4.78. The fraction of sp³-hybridized carbons (Fsp3) is 0.227. The molecule has 0 aliphatic carbocycles. The number of rotatable bonds is 4. The standard InChI is InChI=1S/C22H22N4O3/c1-13-5-4-6-16-14(2)18(25-21(13)16)12-26(3)19(27)8-7-15-9-17-22(24-10-15)29-20(28)11-23-17/h4-10,23,25H,11-12H2,1-3H3/b8-7+. The highest BCUT2D eigenvalue weighted by Crippen LogP contribution is 2.26. The number of benzene rings is 1. The van der Waals surface area contributed by atoms with Crippen molar-refractivity contribution in [2.45, 2.75) is 20.4 Å². The fourth-order valence-electron chi connectivity index (χ4n) is 3.40. The highest BCUT2D eigenvalue weighted by Gasteiger charge is 2.17. The third-order valence-electron chi connectivity index (χ3n) is 5.10. The molecule has 148 valence electrons. The zero-order valence-corrected chi connectivity index (χ0v) is 16.6. The molecule has 0 radical (unpaired) electrons. The van der Waals surface area contributed by atoms with E-state index in [1.165, 1.54) is 17.0 Å². The van der Waals surface area contributed by atoms with Crippen LogP contribution in [0.25, 0.3) is 17.0 Å². The molecule has 4 rings (SSSR count). The number of H-pyrrole nitrogens is 1. The van der Waals surface area contributed by atoms with Crippen LogP contribution in [-0.2, 0) is 16.1 Å². The summed E-state index contributed by atoms with van der Waals surface area (Å²) in [5, 5.41) is 4.13. The number of nitrogens with zero attached hydrogens (tertiary/aromatic N) is 2. The van der Waals surface area contributed by atoms with E-state index in [1.807, 2.05) is 6.07 Å². The first-order valence-corrected chi connectivity index (χ1v) is 9.37. The van der Waals surface area contributed by atoms with Crippen LogP contribution in [0.2, 0.25) is 0 Å². The van der Waals surface area contributed by atoms with E-state index in [4.69, 9.17) is 4.74 Å². The van der Waals surface area contributed by atoms with Crippen LogP contribution in [0.1, 0.15) is 22.4 Å². The van der Waals surface area contributed by atoms with Gasteiger partial charge in [0.2, 0.25) is 11.8 Å². The van der Waals surface area contributed by atoms with Crippen molar-refractivity contribution >= 4 is 34.5 Å². The molecule has 1 aliphatic rings.